The number of ketones is 6. The number of Topliss-reactive ketones (excluding diaryl/α,β-unsaturated/α-hetero) is 6. The molecule has 2 N–H and O–H groups in total. The van der Waals surface area contributed by atoms with E-state index in [1.165, 1.54) is 6.07 Å². The third-order valence-corrected chi connectivity index (χ3v) is 13.0. The molecule has 4 aliphatic rings. The van der Waals surface area contributed by atoms with Gasteiger partial charge >= 0.3 is 0 Å². The fraction of sp³-hybridized carbons (Fsp3) is 0.535. The zero-order valence-electron chi connectivity index (χ0n) is 31.0. The molecule has 0 heterocycles. The van der Waals surface area contributed by atoms with Crippen molar-refractivity contribution in [3.8, 4) is 16.9 Å². The van der Waals surface area contributed by atoms with Gasteiger partial charge in [0, 0.05) is 30.1 Å². The van der Waals surface area contributed by atoms with E-state index in [0.717, 1.165) is 49.5 Å². The second-order valence-electron chi connectivity index (χ2n) is 16.8. The molecule has 0 aromatic heterocycles. The number of hydrogen-bond acceptors (Lipinski definition) is 9. The number of aromatic hydroxyl groups is 1. The average Bonchev–Trinajstić information content (AvgIpc) is 3.06. The third-order valence-electron chi connectivity index (χ3n) is 13.0. The van der Waals surface area contributed by atoms with Crippen molar-refractivity contribution in [2.45, 2.75) is 91.6 Å². The molecule has 9 nitrogen and oxygen atoms in total. The van der Waals surface area contributed by atoms with Gasteiger partial charge in [0.2, 0.25) is 0 Å². The van der Waals surface area contributed by atoms with Crippen LogP contribution < -0.4 is 0 Å². The first-order valence-electron chi connectivity index (χ1n) is 18.5. The van der Waals surface area contributed by atoms with Crippen LogP contribution in [0.5, 0.6) is 5.75 Å². The summed E-state index contributed by atoms with van der Waals surface area (Å²) in [5.74, 6) is -7.52. The quantitative estimate of drug-likeness (QED) is 0.228. The fourth-order valence-corrected chi connectivity index (χ4v) is 10.7. The van der Waals surface area contributed by atoms with Crippen LogP contribution in [0.4, 0.5) is 0 Å². The van der Waals surface area contributed by atoms with Crippen LogP contribution in [0.2, 0.25) is 0 Å². The summed E-state index contributed by atoms with van der Waals surface area (Å²) < 4.78 is 5.31. The van der Waals surface area contributed by atoms with Gasteiger partial charge in [-0.15, -0.1) is 0 Å². The van der Waals surface area contributed by atoms with Crippen molar-refractivity contribution in [3.05, 3.63) is 65.4 Å². The molecule has 6 rings (SSSR count). The molecule has 0 bridgehead atoms. The number of phenols is 1. The summed E-state index contributed by atoms with van der Waals surface area (Å²) in [6, 6.07) is 10.7. The van der Waals surface area contributed by atoms with Crippen LogP contribution in [0.15, 0.2) is 48.7 Å². The number of carbonyl (C=O) groups excluding carboxylic acids is 6. The van der Waals surface area contributed by atoms with Gasteiger partial charge in [0.1, 0.15) is 23.2 Å². The van der Waals surface area contributed by atoms with E-state index in [1.54, 1.807) is 40.9 Å². The molecule has 0 saturated heterocycles. The Balaban J connectivity index is 1.29. The molecule has 0 spiro atoms. The van der Waals surface area contributed by atoms with E-state index in [0.29, 0.717) is 35.8 Å². The van der Waals surface area contributed by atoms with Gasteiger partial charge in [-0.05, 0) is 91.0 Å². The second-order valence-corrected chi connectivity index (χ2v) is 16.8. The summed E-state index contributed by atoms with van der Waals surface area (Å²) >= 11 is 0. The lowest BCUT2D eigenvalue weighted by Gasteiger charge is -2.61. The van der Waals surface area contributed by atoms with Crippen molar-refractivity contribution in [2.75, 3.05) is 7.11 Å². The zero-order valence-corrected chi connectivity index (χ0v) is 31.0. The Bertz CT molecular complexity index is 1880. The van der Waals surface area contributed by atoms with E-state index < -0.39 is 69.0 Å². The van der Waals surface area contributed by atoms with E-state index in [2.05, 4.69) is 6.58 Å². The minimum absolute atomic E-state index is 0.0119. The lowest BCUT2D eigenvalue weighted by molar-refractivity contribution is -0.205. The normalized spacial score (nSPS) is 32.9. The molecule has 3 unspecified atom stereocenters. The van der Waals surface area contributed by atoms with Crippen molar-refractivity contribution in [1.82, 2.24) is 0 Å². The Hall–Kier alpha value is -4.24. The summed E-state index contributed by atoms with van der Waals surface area (Å²) in [7, 11) is 1.65. The minimum Gasteiger partial charge on any atom is -0.507 e. The molecule has 9 heteroatoms. The van der Waals surface area contributed by atoms with Crippen LogP contribution in [-0.4, -0.2) is 57.6 Å². The smallest absolute Gasteiger partial charge is 0.190 e. The molecule has 2 aromatic rings. The molecule has 3 saturated carbocycles. The van der Waals surface area contributed by atoms with Crippen LogP contribution in [0, 0.1) is 46.3 Å². The van der Waals surface area contributed by atoms with Gasteiger partial charge in [0.05, 0.1) is 24.4 Å². The Kier molecular flexibility index (Phi) is 9.60. The van der Waals surface area contributed by atoms with E-state index in [1.807, 2.05) is 24.3 Å². The van der Waals surface area contributed by atoms with Gasteiger partial charge in [0.15, 0.2) is 28.7 Å². The van der Waals surface area contributed by atoms with Crippen LogP contribution in [0.1, 0.15) is 94.6 Å². The molecular weight excluding hydrogens is 660 g/mol. The summed E-state index contributed by atoms with van der Waals surface area (Å²) in [6.07, 6.45) is 4.86. The maximum absolute atomic E-state index is 14.5. The summed E-state index contributed by atoms with van der Waals surface area (Å²) in [6.45, 7) is 12.0. The van der Waals surface area contributed by atoms with Gasteiger partial charge in [0.25, 0.3) is 0 Å². The van der Waals surface area contributed by atoms with Crippen molar-refractivity contribution >= 4 is 34.7 Å². The number of hydrogen-bond donors (Lipinski definition) is 2. The van der Waals surface area contributed by atoms with Crippen molar-refractivity contribution in [3.63, 3.8) is 0 Å². The zero-order chi connectivity index (χ0) is 38.1. The lowest BCUT2D eigenvalue weighted by atomic mass is 9.40. The van der Waals surface area contributed by atoms with Crippen LogP contribution in [0.3, 0.4) is 0 Å². The summed E-state index contributed by atoms with van der Waals surface area (Å²) in [5, 5.41) is 23.3. The van der Waals surface area contributed by atoms with Gasteiger partial charge in [-0.3, -0.25) is 28.8 Å². The molecule has 3 fully saturated rings. The Morgan fingerprint density at radius 2 is 1.60 bits per heavy atom. The predicted octanol–water partition coefficient (Wildman–Crippen LogP) is 6.23. The Morgan fingerprint density at radius 3 is 2.17 bits per heavy atom. The number of phenolic OH excluding ortho intramolecular Hbond substituents is 1. The minimum atomic E-state index is -2.73. The number of ether oxygens (including phenoxy) is 1. The number of benzene rings is 2. The summed E-state index contributed by atoms with van der Waals surface area (Å²) in [4.78, 5) is 82.3. The van der Waals surface area contributed by atoms with Crippen molar-refractivity contribution in [2.24, 2.45) is 46.3 Å². The van der Waals surface area contributed by atoms with Gasteiger partial charge in [-0.1, -0.05) is 64.6 Å². The maximum Gasteiger partial charge on any atom is 0.190 e. The van der Waals surface area contributed by atoms with Gasteiger partial charge < -0.3 is 14.9 Å². The Labute approximate surface area is 305 Å². The highest BCUT2D eigenvalue weighted by Gasteiger charge is 2.76. The van der Waals surface area contributed by atoms with Crippen molar-refractivity contribution in [1.29, 1.82) is 0 Å². The Morgan fingerprint density at radius 1 is 0.962 bits per heavy atom. The van der Waals surface area contributed by atoms with E-state index in [4.69, 9.17) is 4.74 Å². The van der Waals surface area contributed by atoms with E-state index >= 15 is 0 Å². The molecule has 6 atom stereocenters. The SMILES string of the molecule is C=C(OC)C1CCC(CC(=O)Cc2ccc(-c3ccc(O)c4c3C[C@]3(C)C[C@]5(C)C(C(C)C)C(=O)C(C(C)=O)C(=O)[C@]5(O)C(=O)C3C4=O)cc2)CC1. The molecule has 2 aromatic carbocycles. The highest BCUT2D eigenvalue weighted by atomic mass is 16.5. The first kappa shape index (κ1) is 37.5. The molecule has 0 radical (unpaired) electrons. The second kappa shape index (κ2) is 13.3. The molecule has 4 aliphatic carbocycles. The largest absolute Gasteiger partial charge is 0.507 e. The van der Waals surface area contributed by atoms with Gasteiger partial charge in [-0.25, -0.2) is 0 Å². The fourth-order valence-electron chi connectivity index (χ4n) is 10.7. The van der Waals surface area contributed by atoms with Gasteiger partial charge in [-0.2, -0.15) is 0 Å². The number of carbonyl (C=O) groups is 6. The maximum atomic E-state index is 14.5. The topological polar surface area (TPSA) is 152 Å². The number of rotatable bonds is 9. The van der Waals surface area contributed by atoms with E-state index in [-0.39, 0.29) is 29.9 Å². The lowest BCUT2D eigenvalue weighted by Crippen LogP contribution is -2.76. The summed E-state index contributed by atoms with van der Waals surface area (Å²) in [5.41, 5.74) is -2.62. The highest BCUT2D eigenvalue weighted by Crippen LogP contribution is 2.64. The molecule has 276 valence electrons. The van der Waals surface area contributed by atoms with E-state index in [9.17, 15) is 39.0 Å². The highest BCUT2D eigenvalue weighted by molar-refractivity contribution is 6.32. The molecule has 0 amide bonds. The average molecular weight is 711 g/mol. The van der Waals surface area contributed by atoms with Crippen molar-refractivity contribution < 1.29 is 43.7 Å². The number of aliphatic hydroxyl groups is 1. The standard InChI is InChI=1S/C43H50O9/c1-22(2)35-37(47)33(23(3)44)39(49)43(51)40(50)36-38(48)34-31(20-41(36,5)21-42(35,43)6)30(16-17-32(34)46)28-14-10-26(11-15-28)19-29(45)18-25-8-12-27(13-9-25)24(4)52-7/h10-11,14-17,22,25,27,33,35-36,46,51H,4,8-9,12-13,18-21H2,1-3,5-7H3/t25?,27?,33?,35?,36?,41-,42-,43+/m1/s1. The predicted molar refractivity (Wildman–Crippen MR) is 193 cm³/mol. The first-order chi connectivity index (χ1) is 24.4. The van der Waals surface area contributed by atoms with Crippen LogP contribution >= 0.6 is 0 Å². The van der Waals surface area contributed by atoms with Crippen LogP contribution in [-0.2, 0) is 41.6 Å². The number of methoxy groups -OCH3 is 1. The molecule has 52 heavy (non-hydrogen) atoms. The third kappa shape index (κ3) is 5.71. The molecule has 0 aliphatic heterocycles. The first-order valence-corrected chi connectivity index (χ1v) is 18.5. The number of fused-ring (bicyclic) bond motifs is 3. The monoisotopic (exact) mass is 710 g/mol. The molecular formula is C43H50O9. The van der Waals surface area contributed by atoms with Crippen LogP contribution in [0.25, 0.3) is 11.1 Å². The number of allylic oxidation sites excluding steroid dienone is 1.